The third-order valence-electron chi connectivity index (χ3n) is 6.08. The molecule has 2 aliphatic rings. The fourth-order valence-electron chi connectivity index (χ4n) is 3.88. The van der Waals surface area contributed by atoms with Crippen molar-refractivity contribution in [3.05, 3.63) is 0 Å². The highest BCUT2D eigenvalue weighted by Gasteiger charge is 2.61. The molecule has 1 aliphatic heterocycles. The van der Waals surface area contributed by atoms with Crippen molar-refractivity contribution in [1.29, 1.82) is 0 Å². The Kier molecular flexibility index (Phi) is 2.67. The Morgan fingerprint density at radius 3 is 1.44 bits per heavy atom. The maximum Gasteiger partial charge on any atom is 0.0742 e. The number of rotatable bonds is 0. The molecule has 2 fully saturated rings. The van der Waals surface area contributed by atoms with Gasteiger partial charge in [-0.2, -0.15) is 0 Å². The Balaban J connectivity index is 2.41. The van der Waals surface area contributed by atoms with Gasteiger partial charge in [-0.05, 0) is 54.6 Å². The van der Waals surface area contributed by atoms with Gasteiger partial charge in [-0.1, -0.05) is 19.3 Å². The number of likely N-dealkylation sites (N-methyl/N-ethyl adjacent to an activating group) is 2. The van der Waals surface area contributed by atoms with Crippen molar-refractivity contribution < 1.29 is 0 Å². The summed E-state index contributed by atoms with van der Waals surface area (Å²) in [5.74, 6) is 0. The van der Waals surface area contributed by atoms with E-state index < -0.39 is 0 Å². The molecule has 1 spiro atoms. The zero-order valence-corrected chi connectivity index (χ0v) is 11.9. The summed E-state index contributed by atoms with van der Waals surface area (Å²) in [5.41, 5.74) is 0.823. The van der Waals surface area contributed by atoms with Gasteiger partial charge < -0.3 is 0 Å². The molecule has 2 nitrogen and oxygen atoms in total. The molecule has 0 aromatic rings. The topological polar surface area (TPSA) is 6.48 Å². The summed E-state index contributed by atoms with van der Waals surface area (Å²) >= 11 is 0. The largest absolute Gasteiger partial charge is 0.281 e. The minimum absolute atomic E-state index is 0.249. The summed E-state index contributed by atoms with van der Waals surface area (Å²) < 4.78 is 0. The van der Waals surface area contributed by atoms with Gasteiger partial charge in [0, 0.05) is 11.1 Å². The van der Waals surface area contributed by atoms with Crippen LogP contribution in [-0.2, 0) is 0 Å². The summed E-state index contributed by atoms with van der Waals surface area (Å²) in [6.45, 7) is 9.58. The minimum Gasteiger partial charge on any atom is -0.281 e. The lowest BCUT2D eigenvalue weighted by Gasteiger charge is -2.46. The van der Waals surface area contributed by atoms with Crippen molar-refractivity contribution in [2.24, 2.45) is 0 Å². The van der Waals surface area contributed by atoms with Crippen LogP contribution in [0.3, 0.4) is 0 Å². The summed E-state index contributed by atoms with van der Waals surface area (Å²) in [6, 6.07) is 0. The van der Waals surface area contributed by atoms with Crippen LogP contribution in [0.5, 0.6) is 0 Å². The molecular weight excluding hydrogens is 196 g/mol. The lowest BCUT2D eigenvalue weighted by Crippen LogP contribution is -2.54. The van der Waals surface area contributed by atoms with Crippen molar-refractivity contribution in [1.82, 2.24) is 9.80 Å². The van der Waals surface area contributed by atoms with Crippen LogP contribution in [0.4, 0.5) is 0 Å². The molecule has 1 saturated carbocycles. The molecule has 0 amide bonds. The van der Waals surface area contributed by atoms with Gasteiger partial charge >= 0.3 is 0 Å². The van der Waals surface area contributed by atoms with Crippen LogP contribution in [0.1, 0.15) is 59.8 Å². The first-order valence-corrected chi connectivity index (χ1v) is 6.75. The molecule has 0 N–H and O–H groups in total. The van der Waals surface area contributed by atoms with Crippen molar-refractivity contribution in [2.75, 3.05) is 14.1 Å². The summed E-state index contributed by atoms with van der Waals surface area (Å²) in [5, 5.41) is 0. The first-order valence-electron chi connectivity index (χ1n) is 6.75. The molecular formula is C14H28N2. The van der Waals surface area contributed by atoms with Gasteiger partial charge in [0.15, 0.2) is 0 Å². The Labute approximate surface area is 101 Å². The Bertz CT molecular complexity index is 252. The van der Waals surface area contributed by atoms with Gasteiger partial charge in [0.2, 0.25) is 0 Å². The van der Waals surface area contributed by atoms with E-state index in [1.54, 1.807) is 0 Å². The molecule has 16 heavy (non-hydrogen) atoms. The molecule has 1 aliphatic carbocycles. The second-order valence-corrected chi connectivity index (χ2v) is 6.78. The lowest BCUT2D eigenvalue weighted by molar-refractivity contribution is -0.0188. The second-order valence-electron chi connectivity index (χ2n) is 6.78. The second kappa shape index (κ2) is 3.46. The number of hydrogen-bond donors (Lipinski definition) is 0. The standard InChI is InChI=1S/C14H28N2/c1-12(2)13(3,4)16(6)14(15(12)5)10-8-7-9-11-14/h7-11H2,1-6H3. The van der Waals surface area contributed by atoms with E-state index in [0.29, 0.717) is 5.66 Å². The van der Waals surface area contributed by atoms with Gasteiger partial charge in [-0.25, -0.2) is 0 Å². The fraction of sp³-hybridized carbons (Fsp3) is 1.00. The predicted octanol–water partition coefficient (Wildman–Crippen LogP) is 3.08. The van der Waals surface area contributed by atoms with E-state index in [-0.39, 0.29) is 11.1 Å². The SMILES string of the molecule is CN1C2(CCCCC2)N(C)C(C)(C)C1(C)C. The smallest absolute Gasteiger partial charge is 0.0742 e. The third kappa shape index (κ3) is 1.26. The first-order chi connectivity index (χ1) is 7.27. The molecule has 0 aromatic heterocycles. The zero-order chi connectivity index (χ0) is 12.2. The molecule has 0 radical (unpaired) electrons. The van der Waals surface area contributed by atoms with E-state index in [1.165, 1.54) is 32.1 Å². The molecule has 2 rings (SSSR count). The normalized spacial score (nSPS) is 33.4. The van der Waals surface area contributed by atoms with E-state index in [2.05, 4.69) is 51.6 Å². The van der Waals surface area contributed by atoms with Crippen LogP contribution in [0, 0.1) is 0 Å². The van der Waals surface area contributed by atoms with Crippen LogP contribution in [0.25, 0.3) is 0 Å². The lowest BCUT2D eigenvalue weighted by atomic mass is 9.83. The van der Waals surface area contributed by atoms with Gasteiger partial charge in [0.25, 0.3) is 0 Å². The van der Waals surface area contributed by atoms with Crippen LogP contribution in [0.2, 0.25) is 0 Å². The highest BCUT2D eigenvalue weighted by molar-refractivity contribution is 5.15. The summed E-state index contributed by atoms with van der Waals surface area (Å²) in [4.78, 5) is 5.30. The zero-order valence-electron chi connectivity index (χ0n) is 11.9. The molecule has 1 heterocycles. The third-order valence-corrected chi connectivity index (χ3v) is 6.08. The highest BCUT2D eigenvalue weighted by atomic mass is 15.5. The number of hydrogen-bond acceptors (Lipinski definition) is 2. The van der Waals surface area contributed by atoms with Gasteiger partial charge in [-0.3, -0.25) is 9.80 Å². The van der Waals surface area contributed by atoms with E-state index in [4.69, 9.17) is 0 Å². The van der Waals surface area contributed by atoms with E-state index in [9.17, 15) is 0 Å². The van der Waals surface area contributed by atoms with E-state index >= 15 is 0 Å². The van der Waals surface area contributed by atoms with Crippen LogP contribution in [0.15, 0.2) is 0 Å². The van der Waals surface area contributed by atoms with Crippen molar-refractivity contribution in [2.45, 2.75) is 76.5 Å². The van der Waals surface area contributed by atoms with Crippen molar-refractivity contribution in [3.8, 4) is 0 Å². The molecule has 0 aromatic carbocycles. The summed E-state index contributed by atoms with van der Waals surface area (Å²) in [6.07, 6.45) is 6.88. The van der Waals surface area contributed by atoms with Crippen LogP contribution < -0.4 is 0 Å². The van der Waals surface area contributed by atoms with Gasteiger partial charge in [0.05, 0.1) is 5.66 Å². The Morgan fingerprint density at radius 1 is 0.688 bits per heavy atom. The quantitative estimate of drug-likeness (QED) is 0.624. The monoisotopic (exact) mass is 224 g/mol. The van der Waals surface area contributed by atoms with Gasteiger partial charge in [0.1, 0.15) is 0 Å². The van der Waals surface area contributed by atoms with E-state index in [0.717, 1.165) is 0 Å². The van der Waals surface area contributed by atoms with E-state index in [1.807, 2.05) is 0 Å². The van der Waals surface area contributed by atoms with Crippen molar-refractivity contribution >= 4 is 0 Å². The Morgan fingerprint density at radius 2 is 1.06 bits per heavy atom. The number of nitrogens with zero attached hydrogens (tertiary/aromatic N) is 2. The van der Waals surface area contributed by atoms with Crippen LogP contribution in [-0.4, -0.2) is 40.6 Å². The maximum atomic E-state index is 2.65. The molecule has 0 unspecified atom stereocenters. The minimum atomic E-state index is 0.249. The van der Waals surface area contributed by atoms with Gasteiger partial charge in [-0.15, -0.1) is 0 Å². The average molecular weight is 224 g/mol. The Hall–Kier alpha value is -0.0800. The highest BCUT2D eigenvalue weighted by Crippen LogP contribution is 2.52. The van der Waals surface area contributed by atoms with Crippen molar-refractivity contribution in [3.63, 3.8) is 0 Å². The fourth-order valence-corrected chi connectivity index (χ4v) is 3.88. The summed E-state index contributed by atoms with van der Waals surface area (Å²) in [7, 11) is 4.66. The molecule has 94 valence electrons. The molecule has 0 bridgehead atoms. The van der Waals surface area contributed by atoms with Crippen LogP contribution >= 0.6 is 0 Å². The molecule has 2 heteroatoms. The maximum absolute atomic E-state index is 2.65. The predicted molar refractivity (Wildman–Crippen MR) is 69.5 cm³/mol. The molecule has 0 atom stereocenters. The molecule has 1 saturated heterocycles. The average Bonchev–Trinajstić information content (AvgIpc) is 2.34. The first kappa shape index (κ1) is 12.4.